The average molecular weight is 237 g/mol. The maximum atomic E-state index is 11.7. The smallest absolute Gasteiger partial charge is 0.138 e. The molecule has 0 aromatic heterocycles. The number of hydrogen-bond acceptors (Lipinski definition) is 2. The van der Waals surface area contributed by atoms with Gasteiger partial charge in [0.25, 0.3) is 0 Å². The number of piperidine rings is 1. The van der Waals surface area contributed by atoms with E-state index in [1.165, 1.54) is 32.1 Å². The van der Waals surface area contributed by atoms with E-state index in [4.69, 9.17) is 0 Å². The molecule has 1 atom stereocenters. The molecule has 1 unspecified atom stereocenters. The summed E-state index contributed by atoms with van der Waals surface area (Å²) in [6.45, 7) is 6.53. The molecule has 2 heteroatoms. The van der Waals surface area contributed by atoms with Gasteiger partial charge < -0.3 is 0 Å². The molecule has 2 fully saturated rings. The standard InChI is InChI=1S/C15H27NO/c1-3-12-5-7-14(8-6-12)16-10-9-15(17)13(4-2)11-16/h12-14H,3-11H2,1-2H3. The lowest BCUT2D eigenvalue weighted by Gasteiger charge is -2.40. The summed E-state index contributed by atoms with van der Waals surface area (Å²) in [7, 11) is 0. The van der Waals surface area contributed by atoms with Crippen molar-refractivity contribution in [3.8, 4) is 0 Å². The van der Waals surface area contributed by atoms with Gasteiger partial charge in [-0.25, -0.2) is 0 Å². The Bertz CT molecular complexity index is 256. The van der Waals surface area contributed by atoms with Gasteiger partial charge in [0.1, 0.15) is 5.78 Å². The molecule has 17 heavy (non-hydrogen) atoms. The summed E-state index contributed by atoms with van der Waals surface area (Å²) in [5, 5.41) is 0. The maximum Gasteiger partial charge on any atom is 0.138 e. The number of carbonyl (C=O) groups is 1. The van der Waals surface area contributed by atoms with Gasteiger partial charge in [-0.1, -0.05) is 20.3 Å². The van der Waals surface area contributed by atoms with Gasteiger partial charge in [-0.05, 0) is 38.0 Å². The van der Waals surface area contributed by atoms with Crippen LogP contribution in [0.2, 0.25) is 0 Å². The molecule has 2 aliphatic rings. The number of likely N-dealkylation sites (tertiary alicyclic amines) is 1. The first kappa shape index (κ1) is 13.1. The second kappa shape index (κ2) is 5.99. The Morgan fingerprint density at radius 2 is 1.82 bits per heavy atom. The van der Waals surface area contributed by atoms with Crippen LogP contribution >= 0.6 is 0 Å². The van der Waals surface area contributed by atoms with Crippen LogP contribution in [0.1, 0.15) is 58.8 Å². The third-order valence-corrected chi connectivity index (χ3v) is 4.96. The molecule has 0 N–H and O–H groups in total. The first-order valence-corrected chi connectivity index (χ1v) is 7.51. The van der Waals surface area contributed by atoms with Crippen molar-refractivity contribution < 1.29 is 4.79 Å². The molecule has 1 aliphatic carbocycles. The summed E-state index contributed by atoms with van der Waals surface area (Å²) in [5.74, 6) is 1.80. The van der Waals surface area contributed by atoms with Gasteiger partial charge in [0.05, 0.1) is 0 Å². The average Bonchev–Trinajstić information content (AvgIpc) is 2.39. The van der Waals surface area contributed by atoms with Gasteiger partial charge in [0.2, 0.25) is 0 Å². The van der Waals surface area contributed by atoms with Gasteiger partial charge in [-0.2, -0.15) is 0 Å². The highest BCUT2D eigenvalue weighted by atomic mass is 16.1. The first-order valence-electron chi connectivity index (χ1n) is 7.51. The lowest BCUT2D eigenvalue weighted by atomic mass is 9.82. The van der Waals surface area contributed by atoms with Crippen molar-refractivity contribution in [3.63, 3.8) is 0 Å². The summed E-state index contributed by atoms with van der Waals surface area (Å²) < 4.78 is 0. The summed E-state index contributed by atoms with van der Waals surface area (Å²) in [6, 6.07) is 0.778. The Balaban J connectivity index is 1.85. The quantitative estimate of drug-likeness (QED) is 0.751. The molecule has 0 amide bonds. The van der Waals surface area contributed by atoms with Crippen molar-refractivity contribution in [1.82, 2.24) is 4.90 Å². The lowest BCUT2D eigenvalue weighted by molar-refractivity contribution is -0.127. The van der Waals surface area contributed by atoms with Crippen LogP contribution in [0.25, 0.3) is 0 Å². The molecule has 1 heterocycles. The third kappa shape index (κ3) is 3.09. The normalized spacial score (nSPS) is 36.1. The number of hydrogen-bond donors (Lipinski definition) is 0. The number of Topliss-reactive ketones (excluding diaryl/α,β-unsaturated/α-hetero) is 1. The van der Waals surface area contributed by atoms with E-state index in [1.54, 1.807) is 0 Å². The number of ketones is 1. The Morgan fingerprint density at radius 1 is 1.12 bits per heavy atom. The fraction of sp³-hybridized carbons (Fsp3) is 0.933. The van der Waals surface area contributed by atoms with E-state index in [0.29, 0.717) is 11.7 Å². The summed E-state index contributed by atoms with van der Waals surface area (Å²) in [4.78, 5) is 14.3. The monoisotopic (exact) mass is 237 g/mol. The number of nitrogens with zero attached hydrogens (tertiary/aromatic N) is 1. The minimum Gasteiger partial charge on any atom is -0.299 e. The molecular weight excluding hydrogens is 210 g/mol. The molecule has 0 aromatic rings. The minimum atomic E-state index is 0.327. The van der Waals surface area contributed by atoms with Crippen molar-refractivity contribution in [2.45, 2.75) is 64.8 Å². The molecule has 1 saturated heterocycles. The van der Waals surface area contributed by atoms with Crippen LogP contribution in [0.3, 0.4) is 0 Å². The third-order valence-electron chi connectivity index (χ3n) is 4.96. The number of carbonyl (C=O) groups excluding carboxylic acids is 1. The van der Waals surface area contributed by atoms with Crippen molar-refractivity contribution in [3.05, 3.63) is 0 Å². The fourth-order valence-corrected chi connectivity index (χ4v) is 3.54. The van der Waals surface area contributed by atoms with Crippen molar-refractivity contribution in [1.29, 1.82) is 0 Å². The molecular formula is C15H27NO. The van der Waals surface area contributed by atoms with E-state index in [0.717, 1.165) is 37.9 Å². The highest BCUT2D eigenvalue weighted by Gasteiger charge is 2.31. The van der Waals surface area contributed by atoms with Crippen LogP contribution in [0.4, 0.5) is 0 Å². The van der Waals surface area contributed by atoms with Gasteiger partial charge >= 0.3 is 0 Å². The molecule has 1 saturated carbocycles. The Labute approximate surface area is 106 Å². The Morgan fingerprint density at radius 3 is 2.41 bits per heavy atom. The van der Waals surface area contributed by atoms with E-state index in [9.17, 15) is 4.79 Å². The largest absolute Gasteiger partial charge is 0.299 e. The topological polar surface area (TPSA) is 20.3 Å². The summed E-state index contributed by atoms with van der Waals surface area (Å²) >= 11 is 0. The Kier molecular flexibility index (Phi) is 4.61. The lowest BCUT2D eigenvalue weighted by Crippen LogP contribution is -2.47. The predicted molar refractivity (Wildman–Crippen MR) is 71.0 cm³/mol. The molecule has 2 rings (SSSR count). The Hall–Kier alpha value is -0.370. The van der Waals surface area contributed by atoms with E-state index >= 15 is 0 Å². The highest BCUT2D eigenvalue weighted by molar-refractivity contribution is 5.82. The van der Waals surface area contributed by atoms with Gasteiger partial charge in [-0.15, -0.1) is 0 Å². The summed E-state index contributed by atoms with van der Waals surface area (Å²) in [5.41, 5.74) is 0. The molecule has 0 aromatic carbocycles. The predicted octanol–water partition coefficient (Wildman–Crippen LogP) is 3.26. The summed E-state index contributed by atoms with van der Waals surface area (Å²) in [6.07, 6.45) is 8.71. The van der Waals surface area contributed by atoms with Gasteiger partial charge in [-0.3, -0.25) is 9.69 Å². The van der Waals surface area contributed by atoms with E-state index in [-0.39, 0.29) is 0 Å². The molecule has 0 bridgehead atoms. The van der Waals surface area contributed by atoms with Crippen LogP contribution in [-0.4, -0.2) is 29.8 Å². The van der Waals surface area contributed by atoms with Crippen molar-refractivity contribution in [2.24, 2.45) is 11.8 Å². The van der Waals surface area contributed by atoms with E-state index < -0.39 is 0 Å². The van der Waals surface area contributed by atoms with Crippen LogP contribution in [0.5, 0.6) is 0 Å². The second-order valence-electron chi connectivity index (χ2n) is 5.90. The van der Waals surface area contributed by atoms with Crippen LogP contribution in [-0.2, 0) is 4.79 Å². The zero-order valence-corrected chi connectivity index (χ0v) is 11.5. The van der Waals surface area contributed by atoms with Crippen molar-refractivity contribution in [2.75, 3.05) is 13.1 Å². The second-order valence-corrected chi connectivity index (χ2v) is 5.90. The molecule has 1 aliphatic heterocycles. The van der Waals surface area contributed by atoms with E-state index in [1.807, 2.05) is 0 Å². The van der Waals surface area contributed by atoms with Crippen LogP contribution in [0.15, 0.2) is 0 Å². The molecule has 0 spiro atoms. The molecule has 2 nitrogen and oxygen atoms in total. The molecule has 98 valence electrons. The minimum absolute atomic E-state index is 0.327. The van der Waals surface area contributed by atoms with Gasteiger partial charge in [0, 0.05) is 31.5 Å². The fourth-order valence-electron chi connectivity index (χ4n) is 3.54. The van der Waals surface area contributed by atoms with Crippen LogP contribution < -0.4 is 0 Å². The van der Waals surface area contributed by atoms with E-state index in [2.05, 4.69) is 18.7 Å². The first-order chi connectivity index (χ1) is 8.24. The van der Waals surface area contributed by atoms with Crippen LogP contribution in [0, 0.1) is 11.8 Å². The zero-order chi connectivity index (χ0) is 12.3. The van der Waals surface area contributed by atoms with Gasteiger partial charge in [0.15, 0.2) is 0 Å². The van der Waals surface area contributed by atoms with Crippen molar-refractivity contribution >= 4 is 5.78 Å². The maximum absolute atomic E-state index is 11.7. The SMILES string of the molecule is CCC1CCC(N2CCC(=O)C(CC)C2)CC1. The number of rotatable bonds is 3. The molecule has 0 radical (unpaired) electrons. The highest BCUT2D eigenvalue weighted by Crippen LogP contribution is 2.31. The zero-order valence-electron chi connectivity index (χ0n) is 11.5.